The SMILES string of the molecule is Cc1c(-c2ccc(OCCCCl)cc2)cc2ccccn12. The van der Waals surface area contributed by atoms with Gasteiger partial charge in [-0.25, -0.2) is 0 Å². The number of ether oxygens (including phenoxy) is 1. The number of pyridine rings is 1. The van der Waals surface area contributed by atoms with Crippen molar-refractivity contribution in [3.8, 4) is 16.9 Å². The molecule has 0 fully saturated rings. The maximum Gasteiger partial charge on any atom is 0.119 e. The number of aromatic nitrogens is 1. The lowest BCUT2D eigenvalue weighted by molar-refractivity contribution is 0.318. The first-order valence-corrected chi connectivity index (χ1v) is 7.69. The van der Waals surface area contributed by atoms with Crippen molar-refractivity contribution in [2.75, 3.05) is 12.5 Å². The van der Waals surface area contributed by atoms with E-state index in [4.69, 9.17) is 16.3 Å². The molecular formula is C18H18ClNO. The molecule has 0 N–H and O–H groups in total. The fraction of sp³-hybridized carbons (Fsp3) is 0.222. The monoisotopic (exact) mass is 299 g/mol. The Bertz CT molecular complexity index is 731. The van der Waals surface area contributed by atoms with E-state index in [2.05, 4.69) is 53.9 Å². The Labute approximate surface area is 129 Å². The van der Waals surface area contributed by atoms with Crippen LogP contribution in [0, 0.1) is 6.92 Å². The Hall–Kier alpha value is -1.93. The lowest BCUT2D eigenvalue weighted by Crippen LogP contribution is -1.97. The summed E-state index contributed by atoms with van der Waals surface area (Å²) in [6.45, 7) is 2.81. The Morgan fingerprint density at radius 3 is 2.62 bits per heavy atom. The molecule has 0 radical (unpaired) electrons. The Kier molecular flexibility index (Phi) is 4.16. The molecule has 3 rings (SSSR count). The molecule has 0 saturated heterocycles. The molecule has 0 amide bonds. The van der Waals surface area contributed by atoms with E-state index in [-0.39, 0.29) is 0 Å². The molecule has 21 heavy (non-hydrogen) atoms. The summed E-state index contributed by atoms with van der Waals surface area (Å²) in [5.41, 5.74) is 4.93. The van der Waals surface area contributed by atoms with Crippen LogP contribution in [0.5, 0.6) is 5.75 Å². The number of rotatable bonds is 5. The largest absolute Gasteiger partial charge is 0.494 e. The van der Waals surface area contributed by atoms with Crippen LogP contribution in [0.2, 0.25) is 0 Å². The molecule has 3 aromatic rings. The van der Waals surface area contributed by atoms with Crippen molar-refractivity contribution >= 4 is 17.1 Å². The normalized spacial score (nSPS) is 11.0. The van der Waals surface area contributed by atoms with Gasteiger partial charge in [0.05, 0.1) is 6.61 Å². The summed E-state index contributed by atoms with van der Waals surface area (Å²) in [5.74, 6) is 1.53. The van der Waals surface area contributed by atoms with E-state index >= 15 is 0 Å². The molecule has 2 aromatic heterocycles. The van der Waals surface area contributed by atoms with E-state index in [1.54, 1.807) is 0 Å². The summed E-state index contributed by atoms with van der Waals surface area (Å²) in [5, 5.41) is 0. The van der Waals surface area contributed by atoms with E-state index in [1.165, 1.54) is 22.3 Å². The Balaban J connectivity index is 1.87. The number of nitrogens with zero attached hydrogens (tertiary/aromatic N) is 1. The number of fused-ring (bicyclic) bond motifs is 1. The molecule has 0 aliphatic carbocycles. The Morgan fingerprint density at radius 1 is 1.10 bits per heavy atom. The van der Waals surface area contributed by atoms with E-state index in [0.717, 1.165) is 12.2 Å². The summed E-state index contributed by atoms with van der Waals surface area (Å²) in [4.78, 5) is 0. The number of benzene rings is 1. The number of halogens is 1. The van der Waals surface area contributed by atoms with E-state index < -0.39 is 0 Å². The van der Waals surface area contributed by atoms with Crippen molar-refractivity contribution in [1.82, 2.24) is 4.40 Å². The van der Waals surface area contributed by atoms with Crippen LogP contribution >= 0.6 is 11.6 Å². The molecule has 0 aliphatic heterocycles. The highest BCUT2D eigenvalue weighted by molar-refractivity contribution is 6.17. The third-order valence-electron chi connectivity index (χ3n) is 3.65. The van der Waals surface area contributed by atoms with Crippen LogP contribution in [0.15, 0.2) is 54.7 Å². The van der Waals surface area contributed by atoms with Gasteiger partial charge in [0.15, 0.2) is 0 Å². The first kappa shape index (κ1) is 14.0. The molecule has 0 unspecified atom stereocenters. The van der Waals surface area contributed by atoms with Crippen molar-refractivity contribution in [2.45, 2.75) is 13.3 Å². The van der Waals surface area contributed by atoms with Crippen molar-refractivity contribution in [3.05, 3.63) is 60.4 Å². The Morgan fingerprint density at radius 2 is 1.90 bits per heavy atom. The zero-order chi connectivity index (χ0) is 14.7. The predicted octanol–water partition coefficient (Wildman–Crippen LogP) is 4.92. The highest BCUT2D eigenvalue weighted by Gasteiger charge is 2.07. The number of hydrogen-bond acceptors (Lipinski definition) is 1. The number of alkyl halides is 1. The molecule has 108 valence electrons. The predicted molar refractivity (Wildman–Crippen MR) is 88.4 cm³/mol. The smallest absolute Gasteiger partial charge is 0.119 e. The van der Waals surface area contributed by atoms with Gasteiger partial charge in [0.2, 0.25) is 0 Å². The van der Waals surface area contributed by atoms with Crippen LogP contribution < -0.4 is 4.74 Å². The second-order valence-electron chi connectivity index (χ2n) is 5.05. The molecule has 3 heteroatoms. The molecule has 2 nitrogen and oxygen atoms in total. The van der Waals surface area contributed by atoms with Crippen LogP contribution in [0.4, 0.5) is 0 Å². The van der Waals surface area contributed by atoms with Gasteiger partial charge in [-0.1, -0.05) is 18.2 Å². The summed E-state index contributed by atoms with van der Waals surface area (Å²) >= 11 is 5.65. The molecular weight excluding hydrogens is 282 g/mol. The maximum absolute atomic E-state index is 5.65. The fourth-order valence-corrected chi connectivity index (χ4v) is 2.64. The molecule has 0 aliphatic rings. The van der Waals surface area contributed by atoms with Crippen LogP contribution in [0.3, 0.4) is 0 Å². The third kappa shape index (κ3) is 2.91. The van der Waals surface area contributed by atoms with Crippen LogP contribution in [-0.4, -0.2) is 16.9 Å². The minimum atomic E-state index is 0.634. The van der Waals surface area contributed by atoms with Gasteiger partial charge >= 0.3 is 0 Å². The van der Waals surface area contributed by atoms with Gasteiger partial charge in [0, 0.05) is 28.9 Å². The average molecular weight is 300 g/mol. The van der Waals surface area contributed by atoms with Crippen molar-refractivity contribution in [2.24, 2.45) is 0 Å². The molecule has 2 heterocycles. The zero-order valence-electron chi connectivity index (χ0n) is 12.1. The third-order valence-corrected chi connectivity index (χ3v) is 3.91. The van der Waals surface area contributed by atoms with E-state index in [0.29, 0.717) is 12.5 Å². The lowest BCUT2D eigenvalue weighted by atomic mass is 10.1. The highest BCUT2D eigenvalue weighted by Crippen LogP contribution is 2.28. The average Bonchev–Trinajstić information content (AvgIpc) is 2.86. The standard InChI is InChI=1S/C18H18ClNO/c1-14-18(13-16-5-2-3-11-20(14)16)15-6-8-17(9-7-15)21-12-4-10-19/h2-3,5-9,11,13H,4,10,12H2,1H3. The van der Waals surface area contributed by atoms with Gasteiger partial charge in [-0.05, 0) is 49.2 Å². The van der Waals surface area contributed by atoms with Gasteiger partial charge in [-0.15, -0.1) is 11.6 Å². The van der Waals surface area contributed by atoms with Gasteiger partial charge in [-0.2, -0.15) is 0 Å². The fourth-order valence-electron chi connectivity index (χ4n) is 2.53. The second kappa shape index (κ2) is 6.23. The molecule has 0 saturated carbocycles. The van der Waals surface area contributed by atoms with Gasteiger partial charge in [0.25, 0.3) is 0 Å². The van der Waals surface area contributed by atoms with Crippen molar-refractivity contribution in [1.29, 1.82) is 0 Å². The molecule has 0 bridgehead atoms. The summed E-state index contributed by atoms with van der Waals surface area (Å²) < 4.78 is 7.85. The number of hydrogen-bond donors (Lipinski definition) is 0. The summed E-state index contributed by atoms with van der Waals surface area (Å²) in [7, 11) is 0. The molecule has 1 aromatic carbocycles. The lowest BCUT2D eigenvalue weighted by Gasteiger charge is -2.06. The first-order chi connectivity index (χ1) is 10.3. The summed E-state index contributed by atoms with van der Waals surface area (Å²) in [6, 6.07) is 16.7. The minimum absolute atomic E-state index is 0.634. The van der Waals surface area contributed by atoms with Crippen LogP contribution in [0.25, 0.3) is 16.6 Å². The topological polar surface area (TPSA) is 13.6 Å². The molecule has 0 atom stereocenters. The zero-order valence-corrected chi connectivity index (χ0v) is 12.8. The van der Waals surface area contributed by atoms with Crippen molar-refractivity contribution in [3.63, 3.8) is 0 Å². The van der Waals surface area contributed by atoms with Gasteiger partial charge in [0.1, 0.15) is 5.75 Å². The molecule has 0 spiro atoms. The van der Waals surface area contributed by atoms with Crippen molar-refractivity contribution < 1.29 is 4.74 Å². The summed E-state index contributed by atoms with van der Waals surface area (Å²) in [6.07, 6.45) is 2.96. The minimum Gasteiger partial charge on any atom is -0.494 e. The highest BCUT2D eigenvalue weighted by atomic mass is 35.5. The maximum atomic E-state index is 5.65. The second-order valence-corrected chi connectivity index (χ2v) is 5.43. The van der Waals surface area contributed by atoms with Gasteiger partial charge < -0.3 is 9.14 Å². The quantitative estimate of drug-likeness (QED) is 0.481. The van der Waals surface area contributed by atoms with Gasteiger partial charge in [-0.3, -0.25) is 0 Å². The number of aryl methyl sites for hydroxylation is 1. The van der Waals surface area contributed by atoms with E-state index in [9.17, 15) is 0 Å². The van der Waals surface area contributed by atoms with E-state index in [1.807, 2.05) is 12.1 Å². The first-order valence-electron chi connectivity index (χ1n) is 7.15. The van der Waals surface area contributed by atoms with Crippen LogP contribution in [0.1, 0.15) is 12.1 Å². The van der Waals surface area contributed by atoms with Crippen LogP contribution in [-0.2, 0) is 0 Å².